The topological polar surface area (TPSA) is 75.9 Å². The van der Waals surface area contributed by atoms with Gasteiger partial charge in [-0.25, -0.2) is 0 Å². The number of carbonyl (C=O) groups is 1. The summed E-state index contributed by atoms with van der Waals surface area (Å²) >= 11 is 0. The van der Waals surface area contributed by atoms with E-state index < -0.39 is 0 Å². The summed E-state index contributed by atoms with van der Waals surface area (Å²) in [5.74, 6) is 0.469. The van der Waals surface area contributed by atoms with Gasteiger partial charge in [0.05, 0.1) is 17.6 Å². The van der Waals surface area contributed by atoms with Crippen LogP contribution in [0.5, 0.6) is 5.75 Å². The first kappa shape index (κ1) is 23.4. The maximum atomic E-state index is 13.8. The Bertz CT molecular complexity index is 1150. The number of ether oxygens (including phenoxy) is 1. The van der Waals surface area contributed by atoms with Gasteiger partial charge >= 0.3 is 0 Å². The van der Waals surface area contributed by atoms with Gasteiger partial charge in [-0.05, 0) is 44.0 Å². The third-order valence-electron chi connectivity index (χ3n) is 6.37. The Kier molecular flexibility index (Phi) is 7.23. The molecule has 1 fully saturated rings. The van der Waals surface area contributed by atoms with Crippen LogP contribution in [-0.4, -0.2) is 42.0 Å². The lowest BCUT2D eigenvalue weighted by Gasteiger charge is -2.38. The van der Waals surface area contributed by atoms with Gasteiger partial charge in [0, 0.05) is 43.0 Å². The highest BCUT2D eigenvalue weighted by molar-refractivity contribution is 6.08. The first-order chi connectivity index (χ1) is 16.5. The highest BCUT2D eigenvalue weighted by Crippen LogP contribution is 2.30. The van der Waals surface area contributed by atoms with Gasteiger partial charge in [-0.15, -0.1) is 0 Å². The molecule has 1 amide bonds. The molecule has 1 heterocycles. The SMILES string of the molecule is COc1ccccc1C(=O)N(c1ccc(C)cc1)C1CCN(Cc2ccccc2[N+](=O)[O-])CC1. The number of hydrogen-bond donors (Lipinski definition) is 0. The fourth-order valence-electron chi connectivity index (χ4n) is 4.55. The van der Waals surface area contributed by atoms with E-state index in [4.69, 9.17) is 4.74 Å². The molecule has 0 atom stereocenters. The van der Waals surface area contributed by atoms with Gasteiger partial charge in [0.2, 0.25) is 0 Å². The zero-order valence-electron chi connectivity index (χ0n) is 19.5. The second-order valence-electron chi connectivity index (χ2n) is 8.60. The minimum Gasteiger partial charge on any atom is -0.496 e. The van der Waals surface area contributed by atoms with Crippen LogP contribution in [0.2, 0.25) is 0 Å². The van der Waals surface area contributed by atoms with Crippen LogP contribution in [0.1, 0.15) is 34.3 Å². The van der Waals surface area contributed by atoms with Crippen LogP contribution >= 0.6 is 0 Å². The predicted molar refractivity (Wildman–Crippen MR) is 132 cm³/mol. The number of hydrogen-bond acceptors (Lipinski definition) is 5. The van der Waals surface area contributed by atoms with Crippen molar-refractivity contribution < 1.29 is 14.5 Å². The van der Waals surface area contributed by atoms with Crippen LogP contribution in [0.15, 0.2) is 72.8 Å². The molecule has 4 rings (SSSR count). The summed E-state index contributed by atoms with van der Waals surface area (Å²) in [6.45, 7) is 4.04. The van der Waals surface area contributed by atoms with E-state index in [2.05, 4.69) is 4.90 Å². The van der Waals surface area contributed by atoms with Gasteiger partial charge in [0.1, 0.15) is 5.75 Å². The lowest BCUT2D eigenvalue weighted by atomic mass is 9.99. The maximum Gasteiger partial charge on any atom is 0.273 e. The van der Waals surface area contributed by atoms with Gasteiger partial charge < -0.3 is 9.64 Å². The summed E-state index contributed by atoms with van der Waals surface area (Å²) in [7, 11) is 1.57. The number of rotatable bonds is 7. The van der Waals surface area contributed by atoms with Crippen molar-refractivity contribution in [3.63, 3.8) is 0 Å². The molecule has 0 radical (unpaired) electrons. The molecular weight excluding hydrogens is 430 g/mol. The van der Waals surface area contributed by atoms with E-state index >= 15 is 0 Å². The fourth-order valence-corrected chi connectivity index (χ4v) is 4.55. The molecule has 7 nitrogen and oxygen atoms in total. The molecule has 0 aromatic heterocycles. The van der Waals surface area contributed by atoms with Crippen LogP contribution in [0.25, 0.3) is 0 Å². The van der Waals surface area contributed by atoms with Crippen molar-refractivity contribution in [1.29, 1.82) is 0 Å². The van der Waals surface area contributed by atoms with E-state index in [1.165, 1.54) is 0 Å². The summed E-state index contributed by atoms with van der Waals surface area (Å²) in [6.07, 6.45) is 1.55. The van der Waals surface area contributed by atoms with Crippen molar-refractivity contribution in [3.8, 4) is 5.75 Å². The molecule has 0 saturated carbocycles. The first-order valence-corrected chi connectivity index (χ1v) is 11.5. The largest absolute Gasteiger partial charge is 0.496 e. The van der Waals surface area contributed by atoms with E-state index in [0.29, 0.717) is 23.4 Å². The maximum absolute atomic E-state index is 13.8. The number of nitro benzene ring substituents is 1. The standard InChI is InChI=1S/C27H29N3O4/c1-20-11-13-22(14-12-20)29(27(31)24-8-4-6-10-26(24)34-2)23-15-17-28(18-16-23)19-21-7-3-5-9-25(21)30(32)33/h3-14,23H,15-19H2,1-2H3. The normalized spacial score (nSPS) is 14.5. The van der Waals surface area contributed by atoms with E-state index in [1.807, 2.05) is 60.4 Å². The molecule has 0 aliphatic carbocycles. The Labute approximate surface area is 199 Å². The van der Waals surface area contributed by atoms with Crippen molar-refractivity contribution in [2.24, 2.45) is 0 Å². The highest BCUT2D eigenvalue weighted by atomic mass is 16.6. The molecule has 3 aromatic rings. The molecule has 176 valence electrons. The van der Waals surface area contributed by atoms with Crippen LogP contribution in [0, 0.1) is 17.0 Å². The number of aryl methyl sites for hydroxylation is 1. The summed E-state index contributed by atoms with van der Waals surface area (Å²) in [5.41, 5.74) is 3.39. The Morgan fingerprint density at radius 2 is 1.68 bits per heavy atom. The molecule has 0 spiro atoms. The smallest absolute Gasteiger partial charge is 0.273 e. The number of carbonyl (C=O) groups excluding carboxylic acids is 1. The number of benzene rings is 3. The number of methoxy groups -OCH3 is 1. The number of nitro groups is 1. The van der Waals surface area contributed by atoms with Crippen molar-refractivity contribution in [2.75, 3.05) is 25.1 Å². The zero-order chi connectivity index (χ0) is 24.1. The molecule has 34 heavy (non-hydrogen) atoms. The summed E-state index contributed by atoms with van der Waals surface area (Å²) in [4.78, 5) is 28.9. The molecule has 1 aliphatic heterocycles. The van der Waals surface area contributed by atoms with Crippen LogP contribution in [0.3, 0.4) is 0 Å². The molecule has 0 unspecified atom stereocenters. The van der Waals surface area contributed by atoms with Gasteiger partial charge in [0.25, 0.3) is 11.6 Å². The Balaban J connectivity index is 1.55. The minimum atomic E-state index is -0.326. The second kappa shape index (κ2) is 10.5. The molecular formula is C27H29N3O4. The molecule has 0 N–H and O–H groups in total. The number of amides is 1. The Hall–Kier alpha value is -3.71. The quantitative estimate of drug-likeness (QED) is 0.358. The summed E-state index contributed by atoms with van der Waals surface area (Å²) in [6, 6.07) is 22.2. The van der Waals surface area contributed by atoms with Crippen LogP contribution in [-0.2, 0) is 6.54 Å². The average molecular weight is 460 g/mol. The van der Waals surface area contributed by atoms with Crippen molar-refractivity contribution >= 4 is 17.3 Å². The highest BCUT2D eigenvalue weighted by Gasteiger charge is 2.31. The Morgan fingerprint density at radius 1 is 1.03 bits per heavy atom. The predicted octanol–water partition coefficient (Wildman–Crippen LogP) is 5.22. The molecule has 1 saturated heterocycles. The summed E-state index contributed by atoms with van der Waals surface area (Å²) in [5, 5.41) is 11.4. The van der Waals surface area contributed by atoms with E-state index in [9.17, 15) is 14.9 Å². The first-order valence-electron chi connectivity index (χ1n) is 11.5. The van der Waals surface area contributed by atoms with Gasteiger partial charge in [-0.1, -0.05) is 48.0 Å². The molecule has 3 aromatic carbocycles. The second-order valence-corrected chi connectivity index (χ2v) is 8.60. The van der Waals surface area contributed by atoms with Crippen molar-refractivity contribution in [3.05, 3.63) is 99.6 Å². The van der Waals surface area contributed by atoms with Crippen molar-refractivity contribution in [1.82, 2.24) is 4.90 Å². The van der Waals surface area contributed by atoms with Crippen LogP contribution in [0.4, 0.5) is 11.4 Å². The summed E-state index contributed by atoms with van der Waals surface area (Å²) < 4.78 is 5.46. The van der Waals surface area contributed by atoms with Gasteiger partial charge in [-0.3, -0.25) is 19.8 Å². The minimum absolute atomic E-state index is 0.0159. The van der Waals surface area contributed by atoms with E-state index in [-0.39, 0.29) is 22.6 Å². The number of likely N-dealkylation sites (tertiary alicyclic amines) is 1. The molecule has 0 bridgehead atoms. The monoisotopic (exact) mass is 459 g/mol. The van der Waals surface area contributed by atoms with E-state index in [1.54, 1.807) is 31.4 Å². The van der Waals surface area contributed by atoms with Crippen LogP contribution < -0.4 is 9.64 Å². The lowest BCUT2D eigenvalue weighted by Crippen LogP contribution is -2.47. The lowest BCUT2D eigenvalue weighted by molar-refractivity contribution is -0.385. The molecule has 7 heteroatoms. The van der Waals surface area contributed by atoms with E-state index in [0.717, 1.165) is 37.2 Å². The number of anilines is 1. The van der Waals surface area contributed by atoms with Gasteiger partial charge in [0.15, 0.2) is 0 Å². The number of nitrogens with zero attached hydrogens (tertiary/aromatic N) is 3. The Morgan fingerprint density at radius 3 is 2.35 bits per heavy atom. The third kappa shape index (κ3) is 5.10. The molecule has 1 aliphatic rings. The third-order valence-corrected chi connectivity index (χ3v) is 6.37. The van der Waals surface area contributed by atoms with Gasteiger partial charge in [-0.2, -0.15) is 0 Å². The number of piperidine rings is 1. The number of para-hydroxylation sites is 2. The zero-order valence-corrected chi connectivity index (χ0v) is 19.5. The fraction of sp³-hybridized carbons (Fsp3) is 0.296. The average Bonchev–Trinajstić information content (AvgIpc) is 2.86. The van der Waals surface area contributed by atoms with Crippen molar-refractivity contribution in [2.45, 2.75) is 32.4 Å².